The Morgan fingerprint density at radius 2 is 1.96 bits per heavy atom. The molecule has 24 heavy (non-hydrogen) atoms. The third-order valence-electron chi connectivity index (χ3n) is 3.67. The number of methoxy groups -OCH3 is 1. The van der Waals surface area contributed by atoms with Gasteiger partial charge < -0.3 is 9.15 Å². The zero-order valence-electron chi connectivity index (χ0n) is 13.2. The lowest BCUT2D eigenvalue weighted by molar-refractivity contribution is -0.117. The number of Topliss-reactive ketones (excluding diaryl/α,β-unsaturated/α-hetero) is 1. The van der Waals surface area contributed by atoms with E-state index in [0.29, 0.717) is 23.6 Å². The number of rotatable bonds is 6. The van der Waals surface area contributed by atoms with Crippen molar-refractivity contribution in [3.05, 3.63) is 71.2 Å². The molecule has 3 aromatic rings. The first-order valence-corrected chi connectivity index (χ1v) is 7.85. The van der Waals surface area contributed by atoms with Crippen molar-refractivity contribution in [1.82, 2.24) is 4.98 Å². The lowest BCUT2D eigenvalue weighted by Gasteiger charge is -2.06. The maximum atomic E-state index is 12.3. The number of oxazole rings is 1. The molecule has 1 aromatic heterocycles. The molecule has 0 aliphatic heterocycles. The van der Waals surface area contributed by atoms with Gasteiger partial charge >= 0.3 is 0 Å². The van der Waals surface area contributed by atoms with Crippen molar-refractivity contribution in [3.8, 4) is 17.1 Å². The summed E-state index contributed by atoms with van der Waals surface area (Å²) in [7, 11) is 1.61. The topological polar surface area (TPSA) is 52.3 Å². The van der Waals surface area contributed by atoms with Crippen molar-refractivity contribution in [2.75, 3.05) is 7.11 Å². The molecule has 122 valence electrons. The third kappa shape index (κ3) is 3.84. The summed E-state index contributed by atoms with van der Waals surface area (Å²) in [5, 5.41) is 0.540. The lowest BCUT2D eigenvalue weighted by atomic mass is 10.0. The van der Waals surface area contributed by atoms with E-state index >= 15 is 0 Å². The Morgan fingerprint density at radius 3 is 2.62 bits per heavy atom. The molecule has 0 aliphatic carbocycles. The van der Waals surface area contributed by atoms with Crippen LogP contribution in [0.4, 0.5) is 0 Å². The zero-order valence-corrected chi connectivity index (χ0v) is 13.9. The summed E-state index contributed by atoms with van der Waals surface area (Å²) in [6.07, 6.45) is 3.65. The molecule has 0 saturated heterocycles. The summed E-state index contributed by atoms with van der Waals surface area (Å²) < 4.78 is 10.4. The number of hydrogen-bond acceptors (Lipinski definition) is 4. The smallest absolute Gasteiger partial charge is 0.181 e. The molecule has 0 N–H and O–H groups in total. The second-order valence-electron chi connectivity index (χ2n) is 5.42. The summed E-state index contributed by atoms with van der Waals surface area (Å²) in [6, 6.07) is 13.0. The molecule has 0 radical (unpaired) electrons. The van der Waals surface area contributed by atoms with Gasteiger partial charge in [0.15, 0.2) is 12.2 Å². The van der Waals surface area contributed by atoms with Gasteiger partial charge in [-0.1, -0.05) is 29.8 Å². The minimum Gasteiger partial charge on any atom is -0.497 e. The van der Waals surface area contributed by atoms with Gasteiger partial charge in [0.05, 0.1) is 18.3 Å². The Bertz CT molecular complexity index is 844. The van der Waals surface area contributed by atoms with Gasteiger partial charge in [-0.05, 0) is 35.4 Å². The highest BCUT2D eigenvalue weighted by molar-refractivity contribution is 6.33. The molecule has 3 rings (SSSR count). The fourth-order valence-corrected chi connectivity index (χ4v) is 2.81. The molecule has 4 nitrogen and oxygen atoms in total. The van der Waals surface area contributed by atoms with Crippen LogP contribution in [-0.2, 0) is 17.6 Å². The molecule has 0 atom stereocenters. The van der Waals surface area contributed by atoms with Gasteiger partial charge in [-0.25, -0.2) is 4.98 Å². The fourth-order valence-electron chi connectivity index (χ4n) is 2.52. The summed E-state index contributed by atoms with van der Waals surface area (Å²) in [5.74, 6) is 1.47. The van der Waals surface area contributed by atoms with Gasteiger partial charge in [0, 0.05) is 18.4 Å². The number of carbonyl (C=O) groups excluding carboxylic acids is 1. The Balaban J connectivity index is 1.69. The van der Waals surface area contributed by atoms with Crippen molar-refractivity contribution in [1.29, 1.82) is 0 Å². The van der Waals surface area contributed by atoms with Crippen LogP contribution in [0.15, 0.2) is 59.5 Å². The van der Waals surface area contributed by atoms with Crippen LogP contribution in [-0.4, -0.2) is 17.9 Å². The number of ketones is 1. The molecule has 0 aliphatic rings. The zero-order chi connectivity index (χ0) is 16.9. The normalized spacial score (nSPS) is 10.6. The van der Waals surface area contributed by atoms with E-state index in [9.17, 15) is 4.79 Å². The van der Waals surface area contributed by atoms with Gasteiger partial charge in [-0.3, -0.25) is 4.79 Å². The molecule has 0 unspecified atom stereocenters. The summed E-state index contributed by atoms with van der Waals surface area (Å²) in [6.45, 7) is 0. The third-order valence-corrected chi connectivity index (χ3v) is 3.98. The minimum absolute atomic E-state index is 0.117. The second kappa shape index (κ2) is 7.32. The molecular formula is C19H16ClNO3. The van der Waals surface area contributed by atoms with Crippen LogP contribution in [0.1, 0.15) is 11.1 Å². The van der Waals surface area contributed by atoms with Gasteiger partial charge in [0.1, 0.15) is 11.5 Å². The van der Waals surface area contributed by atoms with Crippen LogP contribution in [0.3, 0.4) is 0 Å². The Labute approximate surface area is 145 Å². The van der Waals surface area contributed by atoms with Crippen molar-refractivity contribution >= 4 is 17.4 Å². The largest absolute Gasteiger partial charge is 0.497 e. The average molecular weight is 342 g/mol. The van der Waals surface area contributed by atoms with Crippen LogP contribution in [0.5, 0.6) is 5.75 Å². The van der Waals surface area contributed by atoms with E-state index in [1.165, 1.54) is 6.39 Å². The number of benzene rings is 2. The molecule has 0 saturated carbocycles. The van der Waals surface area contributed by atoms with E-state index in [-0.39, 0.29) is 5.78 Å². The Hall–Kier alpha value is -2.59. The highest BCUT2D eigenvalue weighted by atomic mass is 35.5. The highest BCUT2D eigenvalue weighted by Gasteiger charge is 2.11. The first kappa shape index (κ1) is 16.3. The standard InChI is InChI=1S/C19H16ClNO3/c1-23-16-4-2-3-13(9-16)7-15(22)8-14-5-6-17(18(20)10-14)19-11-21-12-24-19/h2-6,9-12H,7-8H2,1H3. The van der Waals surface area contributed by atoms with Gasteiger partial charge in [-0.15, -0.1) is 0 Å². The van der Waals surface area contributed by atoms with Crippen LogP contribution in [0, 0.1) is 0 Å². The Kier molecular flexibility index (Phi) is 4.96. The summed E-state index contributed by atoms with van der Waals surface area (Å²) >= 11 is 6.29. The van der Waals surface area contributed by atoms with E-state index in [1.54, 1.807) is 19.4 Å². The van der Waals surface area contributed by atoms with E-state index in [2.05, 4.69) is 4.98 Å². The number of ether oxygens (including phenoxy) is 1. The van der Waals surface area contributed by atoms with E-state index in [1.807, 2.05) is 36.4 Å². The molecule has 0 amide bonds. The second-order valence-corrected chi connectivity index (χ2v) is 5.83. The number of nitrogens with zero attached hydrogens (tertiary/aromatic N) is 1. The van der Waals surface area contributed by atoms with Crippen molar-refractivity contribution < 1.29 is 13.9 Å². The quantitative estimate of drug-likeness (QED) is 0.668. The number of halogens is 1. The van der Waals surface area contributed by atoms with Crippen LogP contribution >= 0.6 is 11.6 Å². The number of aromatic nitrogens is 1. The first-order chi connectivity index (χ1) is 11.7. The van der Waals surface area contributed by atoms with Gasteiger partial charge in [0.2, 0.25) is 0 Å². The van der Waals surface area contributed by atoms with Crippen LogP contribution in [0.25, 0.3) is 11.3 Å². The first-order valence-electron chi connectivity index (χ1n) is 7.47. The van der Waals surface area contributed by atoms with Gasteiger partial charge in [0.25, 0.3) is 0 Å². The minimum atomic E-state index is 0.117. The fraction of sp³-hybridized carbons (Fsp3) is 0.158. The highest BCUT2D eigenvalue weighted by Crippen LogP contribution is 2.28. The predicted molar refractivity (Wildman–Crippen MR) is 92.4 cm³/mol. The molecule has 0 bridgehead atoms. The number of carbonyl (C=O) groups is 1. The maximum absolute atomic E-state index is 12.3. The van der Waals surface area contributed by atoms with E-state index in [0.717, 1.165) is 22.4 Å². The van der Waals surface area contributed by atoms with Crippen molar-refractivity contribution in [2.45, 2.75) is 12.8 Å². The van der Waals surface area contributed by atoms with Crippen molar-refractivity contribution in [3.63, 3.8) is 0 Å². The van der Waals surface area contributed by atoms with Crippen LogP contribution in [0.2, 0.25) is 5.02 Å². The maximum Gasteiger partial charge on any atom is 0.181 e. The predicted octanol–water partition coefficient (Wildman–Crippen LogP) is 4.36. The SMILES string of the molecule is COc1cccc(CC(=O)Cc2ccc(-c3cnco3)c(Cl)c2)c1. The monoisotopic (exact) mass is 341 g/mol. The summed E-state index contributed by atoms with van der Waals surface area (Å²) in [4.78, 5) is 16.2. The lowest BCUT2D eigenvalue weighted by Crippen LogP contribution is -2.06. The summed E-state index contributed by atoms with van der Waals surface area (Å²) in [5.41, 5.74) is 2.57. The average Bonchev–Trinajstić information content (AvgIpc) is 3.09. The molecule has 1 heterocycles. The van der Waals surface area contributed by atoms with Gasteiger partial charge in [-0.2, -0.15) is 0 Å². The molecule has 0 fully saturated rings. The Morgan fingerprint density at radius 1 is 1.17 bits per heavy atom. The number of hydrogen-bond donors (Lipinski definition) is 0. The van der Waals surface area contributed by atoms with Crippen LogP contribution < -0.4 is 4.74 Å². The van der Waals surface area contributed by atoms with E-state index < -0.39 is 0 Å². The van der Waals surface area contributed by atoms with E-state index in [4.69, 9.17) is 20.8 Å². The molecular weight excluding hydrogens is 326 g/mol. The molecule has 0 spiro atoms. The molecule has 5 heteroatoms. The molecule has 2 aromatic carbocycles. The van der Waals surface area contributed by atoms with Crippen molar-refractivity contribution in [2.24, 2.45) is 0 Å².